The minimum atomic E-state index is -1.29. The number of morpholine rings is 1. The Hall–Kier alpha value is -2.21. The molecule has 2 aromatic rings. The maximum absolute atomic E-state index is 13.0. The van der Waals surface area contributed by atoms with Gasteiger partial charge in [-0.1, -0.05) is 48.5 Å². The third-order valence-corrected chi connectivity index (χ3v) is 5.53. The van der Waals surface area contributed by atoms with Gasteiger partial charge in [0.2, 0.25) is 0 Å². The summed E-state index contributed by atoms with van der Waals surface area (Å²) in [5.41, 5.74) is 1.05. The molecular formula is C22H26N2O3. The van der Waals surface area contributed by atoms with Crippen LogP contribution in [0.3, 0.4) is 0 Å². The van der Waals surface area contributed by atoms with Crippen molar-refractivity contribution >= 4 is 5.91 Å². The summed E-state index contributed by atoms with van der Waals surface area (Å²) < 4.78 is 5.39. The van der Waals surface area contributed by atoms with Crippen molar-refractivity contribution in [3.05, 3.63) is 71.3 Å². The Labute approximate surface area is 160 Å². The molecule has 0 saturated carbocycles. The quantitative estimate of drug-likeness (QED) is 0.852. The van der Waals surface area contributed by atoms with Crippen molar-refractivity contribution in [1.29, 1.82) is 0 Å². The summed E-state index contributed by atoms with van der Waals surface area (Å²) in [5, 5.41) is 11.6. The minimum Gasteiger partial charge on any atom is -0.379 e. The molecule has 0 aromatic heterocycles. The van der Waals surface area contributed by atoms with E-state index in [0.29, 0.717) is 24.1 Å². The number of carbonyl (C=O) groups is 1. The van der Waals surface area contributed by atoms with Crippen LogP contribution in [-0.2, 0) is 16.9 Å². The third-order valence-electron chi connectivity index (χ3n) is 5.53. The first-order valence-electron chi connectivity index (χ1n) is 9.66. The summed E-state index contributed by atoms with van der Waals surface area (Å²) in [6.45, 7) is 4.85. The van der Waals surface area contributed by atoms with Gasteiger partial charge in [-0.25, -0.2) is 0 Å². The number of rotatable bonds is 6. The van der Waals surface area contributed by atoms with Gasteiger partial charge in [0.15, 0.2) is 5.72 Å². The molecule has 0 aliphatic carbocycles. The molecule has 142 valence electrons. The van der Waals surface area contributed by atoms with Gasteiger partial charge in [-0.2, -0.15) is 0 Å². The molecule has 2 aromatic carbocycles. The Morgan fingerprint density at radius 3 is 2.44 bits per heavy atom. The van der Waals surface area contributed by atoms with Crippen LogP contribution in [0.25, 0.3) is 0 Å². The molecule has 1 saturated heterocycles. The summed E-state index contributed by atoms with van der Waals surface area (Å²) in [5.74, 6) is -0.0778. The predicted molar refractivity (Wildman–Crippen MR) is 103 cm³/mol. The highest BCUT2D eigenvalue weighted by Gasteiger charge is 2.47. The van der Waals surface area contributed by atoms with Crippen LogP contribution < -0.4 is 0 Å². The maximum atomic E-state index is 13.0. The molecule has 0 spiro atoms. The predicted octanol–water partition coefficient (Wildman–Crippen LogP) is 2.25. The standard InChI is InChI=1S/C22H26N2O3/c25-21-19-9-4-5-10-20(19)22(26,17-18-7-2-1-3-8-18)24(21)12-6-11-23-13-15-27-16-14-23/h1-5,7-10,26H,6,11-17H2/t22-/m0/s1. The highest BCUT2D eigenvalue weighted by atomic mass is 16.5. The first-order chi connectivity index (χ1) is 13.2. The van der Waals surface area contributed by atoms with Crippen molar-refractivity contribution in [2.75, 3.05) is 39.4 Å². The lowest BCUT2D eigenvalue weighted by atomic mass is 9.94. The first kappa shape index (κ1) is 18.2. The number of hydrogen-bond acceptors (Lipinski definition) is 4. The molecule has 0 radical (unpaired) electrons. The number of benzene rings is 2. The molecule has 27 heavy (non-hydrogen) atoms. The van der Waals surface area contributed by atoms with Gasteiger partial charge in [-0.3, -0.25) is 9.69 Å². The van der Waals surface area contributed by atoms with E-state index in [1.807, 2.05) is 54.6 Å². The molecule has 0 unspecified atom stereocenters. The lowest BCUT2D eigenvalue weighted by Gasteiger charge is -2.35. The normalized spacial score (nSPS) is 22.9. The van der Waals surface area contributed by atoms with Crippen LogP contribution in [-0.4, -0.2) is 60.2 Å². The molecule has 2 aliphatic rings. The van der Waals surface area contributed by atoms with E-state index in [0.717, 1.165) is 44.8 Å². The number of nitrogens with zero attached hydrogens (tertiary/aromatic N) is 2. The zero-order chi connectivity index (χ0) is 18.7. The number of aliphatic hydroxyl groups is 1. The maximum Gasteiger partial charge on any atom is 0.256 e. The molecule has 5 heteroatoms. The van der Waals surface area contributed by atoms with Crippen molar-refractivity contribution < 1.29 is 14.6 Å². The highest BCUT2D eigenvalue weighted by Crippen LogP contribution is 2.39. The SMILES string of the molecule is O=C1c2ccccc2[C@@](O)(Cc2ccccc2)N1CCCN1CCOCC1. The van der Waals surface area contributed by atoms with E-state index in [4.69, 9.17) is 4.74 Å². The van der Waals surface area contributed by atoms with Crippen molar-refractivity contribution in [2.24, 2.45) is 0 Å². The molecule has 0 bridgehead atoms. The zero-order valence-electron chi connectivity index (χ0n) is 15.5. The smallest absolute Gasteiger partial charge is 0.256 e. The summed E-state index contributed by atoms with van der Waals surface area (Å²) in [7, 11) is 0. The molecule has 1 atom stereocenters. The molecule has 2 heterocycles. The third kappa shape index (κ3) is 3.63. The van der Waals surface area contributed by atoms with Crippen LogP contribution in [0.1, 0.15) is 27.9 Å². The number of fused-ring (bicyclic) bond motifs is 1. The van der Waals surface area contributed by atoms with E-state index >= 15 is 0 Å². The van der Waals surface area contributed by atoms with Gasteiger partial charge in [0.25, 0.3) is 5.91 Å². The Morgan fingerprint density at radius 2 is 1.67 bits per heavy atom. The Morgan fingerprint density at radius 1 is 0.963 bits per heavy atom. The van der Waals surface area contributed by atoms with Crippen LogP contribution in [0.4, 0.5) is 0 Å². The summed E-state index contributed by atoms with van der Waals surface area (Å²) >= 11 is 0. The topological polar surface area (TPSA) is 53.0 Å². The van der Waals surface area contributed by atoms with Crippen LogP contribution in [0, 0.1) is 0 Å². The molecule has 5 nitrogen and oxygen atoms in total. The van der Waals surface area contributed by atoms with Gasteiger partial charge in [-0.05, 0) is 18.1 Å². The van der Waals surface area contributed by atoms with E-state index in [9.17, 15) is 9.90 Å². The Kier molecular flexibility index (Phi) is 5.25. The molecule has 4 rings (SSSR count). The average molecular weight is 366 g/mol. The van der Waals surface area contributed by atoms with Crippen molar-refractivity contribution in [2.45, 2.75) is 18.6 Å². The number of carbonyl (C=O) groups excluding carboxylic acids is 1. The fourth-order valence-electron chi connectivity index (χ4n) is 4.11. The fraction of sp³-hybridized carbons (Fsp3) is 0.409. The second-order valence-electron chi connectivity index (χ2n) is 7.29. The monoisotopic (exact) mass is 366 g/mol. The Bertz CT molecular complexity index is 789. The molecule has 1 N–H and O–H groups in total. The van der Waals surface area contributed by atoms with Crippen molar-refractivity contribution in [3.63, 3.8) is 0 Å². The Balaban J connectivity index is 1.53. The van der Waals surface area contributed by atoms with E-state index < -0.39 is 5.72 Å². The molecule has 2 aliphatic heterocycles. The molecule has 1 amide bonds. The van der Waals surface area contributed by atoms with Crippen LogP contribution >= 0.6 is 0 Å². The van der Waals surface area contributed by atoms with Crippen molar-refractivity contribution in [1.82, 2.24) is 9.80 Å². The largest absolute Gasteiger partial charge is 0.379 e. The van der Waals surface area contributed by atoms with E-state index in [-0.39, 0.29) is 5.91 Å². The van der Waals surface area contributed by atoms with E-state index in [1.54, 1.807) is 4.90 Å². The van der Waals surface area contributed by atoms with Gasteiger partial charge in [0.05, 0.1) is 13.2 Å². The first-order valence-corrected chi connectivity index (χ1v) is 9.66. The van der Waals surface area contributed by atoms with Gasteiger partial charge in [0.1, 0.15) is 0 Å². The minimum absolute atomic E-state index is 0.0778. The van der Waals surface area contributed by atoms with Gasteiger partial charge in [0, 0.05) is 43.7 Å². The highest BCUT2D eigenvalue weighted by molar-refractivity contribution is 5.99. The average Bonchev–Trinajstić information content (AvgIpc) is 2.92. The van der Waals surface area contributed by atoms with Crippen LogP contribution in [0.2, 0.25) is 0 Å². The zero-order valence-corrected chi connectivity index (χ0v) is 15.5. The lowest BCUT2D eigenvalue weighted by molar-refractivity contribution is -0.0849. The van der Waals surface area contributed by atoms with Gasteiger partial charge >= 0.3 is 0 Å². The number of amides is 1. The molecular weight excluding hydrogens is 340 g/mol. The fourth-order valence-corrected chi connectivity index (χ4v) is 4.11. The van der Waals surface area contributed by atoms with Crippen molar-refractivity contribution in [3.8, 4) is 0 Å². The van der Waals surface area contributed by atoms with Crippen LogP contribution in [0.15, 0.2) is 54.6 Å². The van der Waals surface area contributed by atoms with Crippen LogP contribution in [0.5, 0.6) is 0 Å². The lowest BCUT2D eigenvalue weighted by Crippen LogP contribution is -2.47. The van der Waals surface area contributed by atoms with E-state index in [2.05, 4.69) is 4.90 Å². The summed E-state index contributed by atoms with van der Waals surface area (Å²) in [4.78, 5) is 17.0. The summed E-state index contributed by atoms with van der Waals surface area (Å²) in [6, 6.07) is 17.3. The second kappa shape index (κ2) is 7.80. The van der Waals surface area contributed by atoms with Gasteiger partial charge < -0.3 is 14.7 Å². The number of hydrogen-bond donors (Lipinski definition) is 1. The van der Waals surface area contributed by atoms with E-state index in [1.165, 1.54) is 0 Å². The summed E-state index contributed by atoms with van der Waals surface area (Å²) in [6.07, 6.45) is 1.23. The number of ether oxygens (including phenoxy) is 1. The molecule has 1 fully saturated rings. The second-order valence-corrected chi connectivity index (χ2v) is 7.29. The van der Waals surface area contributed by atoms with Gasteiger partial charge in [-0.15, -0.1) is 0 Å².